The summed E-state index contributed by atoms with van der Waals surface area (Å²) in [5.74, 6) is -0.452. The Morgan fingerprint density at radius 2 is 1.13 bits per heavy atom. The molecule has 2 aliphatic heterocycles. The number of amides is 2. The Hall–Kier alpha value is -3.72. The molecule has 2 aliphatic rings. The first kappa shape index (κ1) is 20.5. The first-order valence-corrected chi connectivity index (χ1v) is 9.80. The van der Waals surface area contributed by atoms with Gasteiger partial charge >= 0.3 is 0 Å². The Balaban J connectivity index is 1.35. The molecular formula is C22H22N4O5. The number of rotatable bonds is 8. The van der Waals surface area contributed by atoms with Gasteiger partial charge in [0.05, 0.1) is 24.6 Å². The highest BCUT2D eigenvalue weighted by Gasteiger charge is 2.35. The molecule has 0 unspecified atom stereocenters. The van der Waals surface area contributed by atoms with E-state index in [0.717, 1.165) is 22.5 Å². The van der Waals surface area contributed by atoms with Crippen molar-refractivity contribution in [3.8, 4) is 0 Å². The number of oxime groups is 2. The molecule has 2 aromatic carbocycles. The fraction of sp³-hybridized carbons (Fsp3) is 0.273. The van der Waals surface area contributed by atoms with Crippen LogP contribution in [0.25, 0.3) is 0 Å². The van der Waals surface area contributed by atoms with Crippen molar-refractivity contribution < 1.29 is 24.0 Å². The zero-order chi connectivity index (χ0) is 21.8. The highest BCUT2D eigenvalue weighted by Crippen LogP contribution is 2.30. The highest BCUT2D eigenvalue weighted by molar-refractivity contribution is 6.54. The molecule has 0 saturated heterocycles. The van der Waals surface area contributed by atoms with E-state index < -0.39 is 0 Å². The van der Waals surface area contributed by atoms with Gasteiger partial charge < -0.3 is 24.2 Å². The normalized spacial score (nSPS) is 17.5. The van der Waals surface area contributed by atoms with Crippen LogP contribution in [0.15, 0.2) is 58.8 Å². The average Bonchev–Trinajstić information content (AvgIpc) is 3.21. The van der Waals surface area contributed by atoms with E-state index >= 15 is 0 Å². The maximum absolute atomic E-state index is 12.7. The topological polar surface area (TPSA) is 93.0 Å². The van der Waals surface area contributed by atoms with Crippen LogP contribution in [0, 0.1) is 0 Å². The fourth-order valence-electron chi connectivity index (χ4n) is 3.74. The summed E-state index contributed by atoms with van der Waals surface area (Å²) in [7, 11) is 2.82. The summed E-state index contributed by atoms with van der Waals surface area (Å²) in [6, 6.07) is 14.8. The molecule has 2 heterocycles. The van der Waals surface area contributed by atoms with Crippen LogP contribution >= 0.6 is 0 Å². The van der Waals surface area contributed by atoms with Crippen LogP contribution in [0.1, 0.15) is 11.1 Å². The maximum Gasteiger partial charge on any atom is 0.281 e. The highest BCUT2D eigenvalue weighted by atomic mass is 16.6. The average molecular weight is 422 g/mol. The number of hydrogen-bond acceptors (Lipinski definition) is 7. The van der Waals surface area contributed by atoms with E-state index in [9.17, 15) is 9.59 Å². The molecule has 0 spiro atoms. The predicted molar refractivity (Wildman–Crippen MR) is 116 cm³/mol. The van der Waals surface area contributed by atoms with Gasteiger partial charge in [0, 0.05) is 24.2 Å². The summed E-state index contributed by atoms with van der Waals surface area (Å²) in [4.78, 5) is 38.2. The van der Waals surface area contributed by atoms with Crippen molar-refractivity contribution in [3.05, 3.63) is 59.7 Å². The van der Waals surface area contributed by atoms with Gasteiger partial charge in [0.25, 0.3) is 11.8 Å². The Kier molecular flexibility index (Phi) is 5.94. The molecule has 160 valence electrons. The molecule has 9 nitrogen and oxygen atoms in total. The Labute approximate surface area is 179 Å². The van der Waals surface area contributed by atoms with E-state index in [1.807, 2.05) is 48.5 Å². The van der Waals surface area contributed by atoms with Crippen LogP contribution in [0.3, 0.4) is 0 Å². The number of carbonyl (C=O) groups is 2. The lowest BCUT2D eigenvalue weighted by Crippen LogP contribution is -2.35. The summed E-state index contributed by atoms with van der Waals surface area (Å²) in [5.41, 5.74) is 3.58. The number of fused-ring (bicyclic) bond motifs is 2. The van der Waals surface area contributed by atoms with E-state index in [-0.39, 0.29) is 23.2 Å². The van der Waals surface area contributed by atoms with Gasteiger partial charge in [0.15, 0.2) is 11.4 Å². The third kappa shape index (κ3) is 3.75. The van der Waals surface area contributed by atoms with E-state index in [2.05, 4.69) is 10.3 Å². The van der Waals surface area contributed by atoms with Gasteiger partial charge in [-0.2, -0.15) is 0 Å². The molecule has 0 saturated carbocycles. The second-order valence-corrected chi connectivity index (χ2v) is 6.81. The van der Waals surface area contributed by atoms with Crippen molar-refractivity contribution in [2.45, 2.75) is 0 Å². The minimum Gasteiger partial charge on any atom is -0.398 e. The van der Waals surface area contributed by atoms with Gasteiger partial charge in [0.2, 0.25) is 0 Å². The SMILES string of the molecule is CO/N=C1\C(=O)N(CCOCCN2C(=O)/C(=N/OC)c3ccccc32)c2ccccc21. The number of hydrogen-bond donors (Lipinski definition) is 0. The minimum absolute atomic E-state index is 0.226. The summed E-state index contributed by atoms with van der Waals surface area (Å²) >= 11 is 0. The molecule has 0 radical (unpaired) electrons. The number of carbonyl (C=O) groups excluding carboxylic acids is 2. The number of benzene rings is 2. The third-order valence-electron chi connectivity index (χ3n) is 5.08. The molecule has 0 atom stereocenters. The van der Waals surface area contributed by atoms with Gasteiger partial charge in [-0.3, -0.25) is 9.59 Å². The van der Waals surface area contributed by atoms with Gasteiger partial charge in [0.1, 0.15) is 14.2 Å². The Morgan fingerprint density at radius 3 is 1.55 bits per heavy atom. The number of anilines is 2. The minimum atomic E-state index is -0.226. The van der Waals surface area contributed by atoms with Crippen molar-refractivity contribution >= 4 is 34.6 Å². The van der Waals surface area contributed by atoms with Crippen molar-refractivity contribution in [3.63, 3.8) is 0 Å². The molecule has 0 fully saturated rings. The summed E-state index contributed by atoms with van der Waals surface area (Å²) in [6.45, 7) is 1.34. The molecule has 2 aromatic rings. The van der Waals surface area contributed by atoms with E-state index in [1.54, 1.807) is 9.80 Å². The van der Waals surface area contributed by atoms with Gasteiger partial charge in [-0.25, -0.2) is 0 Å². The van der Waals surface area contributed by atoms with Crippen LogP contribution in [-0.4, -0.2) is 63.8 Å². The molecule has 2 amide bonds. The molecular weight excluding hydrogens is 400 g/mol. The van der Waals surface area contributed by atoms with Gasteiger partial charge in [-0.05, 0) is 12.1 Å². The Bertz CT molecular complexity index is 982. The summed E-state index contributed by atoms with van der Waals surface area (Å²) in [6.07, 6.45) is 0. The van der Waals surface area contributed by atoms with Crippen LogP contribution in [0.5, 0.6) is 0 Å². The van der Waals surface area contributed by atoms with Gasteiger partial charge in [-0.1, -0.05) is 46.7 Å². The van der Waals surface area contributed by atoms with Crippen LogP contribution in [-0.2, 0) is 24.0 Å². The lowest BCUT2D eigenvalue weighted by molar-refractivity contribution is -0.113. The zero-order valence-electron chi connectivity index (χ0n) is 17.3. The fourth-order valence-corrected chi connectivity index (χ4v) is 3.74. The zero-order valence-corrected chi connectivity index (χ0v) is 17.3. The van der Waals surface area contributed by atoms with E-state index in [1.165, 1.54) is 14.2 Å². The van der Waals surface area contributed by atoms with Crippen LogP contribution < -0.4 is 9.80 Å². The van der Waals surface area contributed by atoms with Crippen LogP contribution in [0.4, 0.5) is 11.4 Å². The largest absolute Gasteiger partial charge is 0.398 e. The number of para-hydroxylation sites is 2. The maximum atomic E-state index is 12.7. The van der Waals surface area contributed by atoms with E-state index in [4.69, 9.17) is 14.4 Å². The molecule has 0 bridgehead atoms. The molecule has 0 N–H and O–H groups in total. The molecule has 9 heteroatoms. The molecule has 0 aliphatic carbocycles. The molecule has 4 rings (SSSR count). The number of nitrogens with zero attached hydrogens (tertiary/aromatic N) is 4. The summed E-state index contributed by atoms with van der Waals surface area (Å²) < 4.78 is 5.74. The lowest BCUT2D eigenvalue weighted by Gasteiger charge is -2.19. The van der Waals surface area contributed by atoms with Crippen molar-refractivity contribution in [1.29, 1.82) is 0 Å². The monoisotopic (exact) mass is 422 g/mol. The molecule has 0 aromatic heterocycles. The lowest BCUT2D eigenvalue weighted by atomic mass is 10.1. The van der Waals surface area contributed by atoms with Crippen molar-refractivity contribution in [1.82, 2.24) is 0 Å². The summed E-state index contributed by atoms with van der Waals surface area (Å²) in [5, 5.41) is 7.73. The van der Waals surface area contributed by atoms with Crippen LogP contribution in [0.2, 0.25) is 0 Å². The van der Waals surface area contributed by atoms with Crippen molar-refractivity contribution in [2.75, 3.05) is 50.3 Å². The quantitative estimate of drug-likeness (QED) is 0.478. The predicted octanol–water partition coefficient (Wildman–Crippen LogP) is 1.80. The first-order chi connectivity index (χ1) is 15.2. The molecule has 31 heavy (non-hydrogen) atoms. The van der Waals surface area contributed by atoms with E-state index in [0.29, 0.717) is 26.3 Å². The first-order valence-electron chi connectivity index (χ1n) is 9.80. The van der Waals surface area contributed by atoms with Gasteiger partial charge in [-0.15, -0.1) is 0 Å². The smallest absolute Gasteiger partial charge is 0.281 e. The standard InChI is InChI=1S/C22H22N4O5/c1-29-23-19-15-7-3-5-9-17(15)25(21(19)27)11-13-31-14-12-26-18-10-6-4-8-16(18)20(22(26)28)24-30-2/h3-10H,11-14H2,1-2H3/b23-19-,24-20+. The second-order valence-electron chi connectivity index (χ2n) is 6.81. The third-order valence-corrected chi connectivity index (χ3v) is 5.08. The Morgan fingerprint density at radius 1 is 0.710 bits per heavy atom. The second kappa shape index (κ2) is 8.97. The number of ether oxygens (including phenoxy) is 1. The van der Waals surface area contributed by atoms with Crippen molar-refractivity contribution in [2.24, 2.45) is 10.3 Å².